The minimum atomic E-state index is -1.41. The van der Waals surface area contributed by atoms with Crippen LogP contribution in [0.25, 0.3) is 0 Å². The Labute approximate surface area is 58.1 Å². The summed E-state index contributed by atoms with van der Waals surface area (Å²) in [5.74, 6) is -1.41. The SMILES string of the molecule is O=C(O)CF.[H-].[Na+]. The molecule has 1 N–H and O–H groups in total. The van der Waals surface area contributed by atoms with E-state index >= 15 is 0 Å². The molecule has 0 aliphatic heterocycles. The van der Waals surface area contributed by atoms with Crippen molar-refractivity contribution < 1.29 is 45.3 Å². The standard InChI is InChI=1S/C2H3FO2.Na.H/c3-1-2(4)5;;/h1H2,(H,4,5);;/q;+1;-1. The molecule has 0 rings (SSSR count). The van der Waals surface area contributed by atoms with Gasteiger partial charge in [-0.1, -0.05) is 0 Å². The van der Waals surface area contributed by atoms with Gasteiger partial charge >= 0.3 is 35.5 Å². The largest absolute Gasteiger partial charge is 1.00 e. The molecule has 0 aliphatic carbocycles. The van der Waals surface area contributed by atoms with Crippen LogP contribution in [-0.2, 0) is 4.79 Å². The predicted octanol–water partition coefficient (Wildman–Crippen LogP) is -2.84. The van der Waals surface area contributed by atoms with Crippen molar-refractivity contribution in [3.8, 4) is 0 Å². The molecule has 6 heavy (non-hydrogen) atoms. The third kappa shape index (κ3) is 8.83. The van der Waals surface area contributed by atoms with Crippen LogP contribution in [0.2, 0.25) is 0 Å². The summed E-state index contributed by atoms with van der Waals surface area (Å²) in [6.07, 6.45) is 0. The number of aliphatic carboxylic acids is 1. The maximum atomic E-state index is 10.5. The number of hydrogen-bond donors (Lipinski definition) is 1. The van der Waals surface area contributed by atoms with E-state index in [1.165, 1.54) is 0 Å². The summed E-state index contributed by atoms with van der Waals surface area (Å²) in [6, 6.07) is 0. The van der Waals surface area contributed by atoms with Crippen molar-refractivity contribution in [3.63, 3.8) is 0 Å². The smallest absolute Gasteiger partial charge is 1.00 e. The van der Waals surface area contributed by atoms with Crippen molar-refractivity contribution in [3.05, 3.63) is 0 Å². The van der Waals surface area contributed by atoms with Crippen molar-refractivity contribution in [2.24, 2.45) is 0 Å². The van der Waals surface area contributed by atoms with Crippen LogP contribution >= 0.6 is 0 Å². The molecule has 0 heterocycles. The van der Waals surface area contributed by atoms with E-state index in [2.05, 4.69) is 0 Å². The van der Waals surface area contributed by atoms with E-state index in [9.17, 15) is 4.39 Å². The number of hydrogen-bond acceptors (Lipinski definition) is 1. The van der Waals surface area contributed by atoms with E-state index in [0.29, 0.717) is 0 Å². The summed E-state index contributed by atoms with van der Waals surface area (Å²) in [5, 5.41) is 7.35. The number of carboxylic acids is 1. The van der Waals surface area contributed by atoms with Gasteiger partial charge in [-0.15, -0.1) is 0 Å². The van der Waals surface area contributed by atoms with Crippen molar-refractivity contribution in [2.75, 3.05) is 6.67 Å². The summed E-state index contributed by atoms with van der Waals surface area (Å²) in [6.45, 7) is -1.28. The zero-order valence-corrected chi connectivity index (χ0v) is 5.44. The van der Waals surface area contributed by atoms with Crippen molar-refractivity contribution in [1.82, 2.24) is 0 Å². The first-order valence-electron chi connectivity index (χ1n) is 1.05. The molecule has 0 aromatic rings. The van der Waals surface area contributed by atoms with Gasteiger partial charge < -0.3 is 6.53 Å². The zero-order valence-electron chi connectivity index (χ0n) is 4.44. The van der Waals surface area contributed by atoms with Crippen LogP contribution < -0.4 is 29.6 Å². The Kier molecular flexibility index (Phi) is 8.68. The van der Waals surface area contributed by atoms with Crippen molar-refractivity contribution in [2.45, 2.75) is 0 Å². The summed E-state index contributed by atoms with van der Waals surface area (Å²) in [7, 11) is 0. The summed E-state index contributed by atoms with van der Waals surface area (Å²) < 4.78 is 10.5. The fourth-order valence-corrected chi connectivity index (χ4v) is 0. The molecule has 0 amide bonds. The van der Waals surface area contributed by atoms with Crippen LogP contribution in [0, 0.1) is 0 Å². The molecule has 0 aromatic heterocycles. The van der Waals surface area contributed by atoms with Gasteiger partial charge in [0.2, 0.25) is 0 Å². The zero-order chi connectivity index (χ0) is 4.28. The molecule has 4 heteroatoms. The Morgan fingerprint density at radius 3 is 2.17 bits per heavy atom. The van der Waals surface area contributed by atoms with Crippen LogP contribution in [0.1, 0.15) is 1.43 Å². The topological polar surface area (TPSA) is 37.3 Å². The summed E-state index contributed by atoms with van der Waals surface area (Å²) >= 11 is 0. The quantitative estimate of drug-likeness (QED) is 0.362. The number of halogens is 1. The number of alkyl halides is 1. The minimum absolute atomic E-state index is 0. The monoisotopic (exact) mass is 102 g/mol. The fraction of sp³-hybridized carbons (Fsp3) is 0.500. The molecular formula is C2H4FNaO2. The van der Waals surface area contributed by atoms with Crippen LogP contribution in [0.15, 0.2) is 0 Å². The molecule has 2 nitrogen and oxygen atoms in total. The van der Waals surface area contributed by atoms with Crippen LogP contribution in [0.4, 0.5) is 4.39 Å². The molecule has 0 spiro atoms. The van der Waals surface area contributed by atoms with Gasteiger partial charge in [0.25, 0.3) is 0 Å². The maximum absolute atomic E-state index is 10.5. The average Bonchev–Trinajstić information content (AvgIpc) is 1.38. The van der Waals surface area contributed by atoms with Gasteiger partial charge in [-0.25, -0.2) is 9.18 Å². The maximum Gasteiger partial charge on any atom is 1.00 e. The first kappa shape index (κ1) is 9.64. The van der Waals surface area contributed by atoms with E-state index in [0.717, 1.165) is 0 Å². The average molecular weight is 102 g/mol. The third-order valence-corrected chi connectivity index (χ3v) is 0.114. The second-order valence-electron chi connectivity index (χ2n) is 0.527. The second kappa shape index (κ2) is 5.40. The first-order valence-corrected chi connectivity index (χ1v) is 1.05. The summed E-state index contributed by atoms with van der Waals surface area (Å²) in [5.41, 5.74) is 0. The molecule has 0 atom stereocenters. The molecule has 0 radical (unpaired) electrons. The molecule has 0 fully saturated rings. The predicted molar refractivity (Wildman–Crippen MR) is 14.7 cm³/mol. The fourth-order valence-electron chi connectivity index (χ4n) is 0. The Hall–Kier alpha value is 0.400. The van der Waals surface area contributed by atoms with Crippen LogP contribution in [0.5, 0.6) is 0 Å². The number of carboxylic acid groups (broad SMARTS) is 1. The van der Waals surface area contributed by atoms with Crippen LogP contribution in [-0.4, -0.2) is 17.8 Å². The third-order valence-electron chi connectivity index (χ3n) is 0.114. The molecule has 0 bridgehead atoms. The van der Waals surface area contributed by atoms with Crippen molar-refractivity contribution >= 4 is 5.97 Å². The van der Waals surface area contributed by atoms with Gasteiger partial charge in [-0.3, -0.25) is 0 Å². The van der Waals surface area contributed by atoms with E-state index in [-0.39, 0.29) is 31.0 Å². The Morgan fingerprint density at radius 2 is 2.17 bits per heavy atom. The van der Waals surface area contributed by atoms with Crippen molar-refractivity contribution in [1.29, 1.82) is 0 Å². The van der Waals surface area contributed by atoms with E-state index < -0.39 is 12.6 Å². The van der Waals surface area contributed by atoms with E-state index in [4.69, 9.17) is 9.90 Å². The van der Waals surface area contributed by atoms with E-state index in [1.54, 1.807) is 0 Å². The molecule has 0 aromatic carbocycles. The number of rotatable bonds is 1. The Bertz CT molecular complexity index is 51.0. The molecule has 0 saturated carbocycles. The molecule has 0 aliphatic rings. The normalized spacial score (nSPS) is 6.17. The van der Waals surface area contributed by atoms with Gasteiger partial charge in [-0.05, 0) is 0 Å². The summed E-state index contributed by atoms with van der Waals surface area (Å²) in [4.78, 5) is 8.99. The number of carbonyl (C=O) groups is 1. The molecular weight excluding hydrogens is 98.0 g/mol. The van der Waals surface area contributed by atoms with Gasteiger partial charge in [0.15, 0.2) is 6.67 Å². The second-order valence-corrected chi connectivity index (χ2v) is 0.527. The van der Waals surface area contributed by atoms with Gasteiger partial charge in [0.05, 0.1) is 0 Å². The molecule has 0 saturated heterocycles. The first-order chi connectivity index (χ1) is 2.27. The Morgan fingerprint density at radius 1 is 2.00 bits per heavy atom. The minimum Gasteiger partial charge on any atom is -1.00 e. The van der Waals surface area contributed by atoms with Crippen LogP contribution in [0.3, 0.4) is 0 Å². The Balaban J connectivity index is -0.0000000800. The molecule has 0 unspecified atom stereocenters. The van der Waals surface area contributed by atoms with Gasteiger partial charge in [-0.2, -0.15) is 0 Å². The molecule has 32 valence electrons. The van der Waals surface area contributed by atoms with E-state index in [1.807, 2.05) is 0 Å². The van der Waals surface area contributed by atoms with Gasteiger partial charge in [0, 0.05) is 0 Å². The van der Waals surface area contributed by atoms with Gasteiger partial charge in [0.1, 0.15) is 0 Å².